The van der Waals surface area contributed by atoms with Gasteiger partial charge >= 0.3 is 0 Å². The molecule has 1 fully saturated rings. The molecule has 1 aromatic carbocycles. The highest BCUT2D eigenvalue weighted by molar-refractivity contribution is 6.34. The predicted molar refractivity (Wildman–Crippen MR) is 103 cm³/mol. The van der Waals surface area contributed by atoms with Gasteiger partial charge in [-0.25, -0.2) is 0 Å². The van der Waals surface area contributed by atoms with Gasteiger partial charge in [-0.1, -0.05) is 11.6 Å². The van der Waals surface area contributed by atoms with E-state index < -0.39 is 0 Å². The van der Waals surface area contributed by atoms with Crippen LogP contribution in [0.5, 0.6) is 11.5 Å². The largest absolute Gasteiger partial charge is 0.493 e. The van der Waals surface area contributed by atoms with Crippen molar-refractivity contribution in [2.75, 3.05) is 47.0 Å². The second-order valence-corrected chi connectivity index (χ2v) is 7.21. The van der Waals surface area contributed by atoms with Gasteiger partial charge in [0.05, 0.1) is 30.4 Å². The molecule has 0 unspecified atom stereocenters. The van der Waals surface area contributed by atoms with Crippen LogP contribution in [-0.4, -0.2) is 63.9 Å². The van der Waals surface area contributed by atoms with Crippen molar-refractivity contribution in [2.45, 2.75) is 26.4 Å². The first kappa shape index (κ1) is 20.8. The maximum Gasteiger partial charge on any atom is 0.252 e. The van der Waals surface area contributed by atoms with E-state index >= 15 is 0 Å². The summed E-state index contributed by atoms with van der Waals surface area (Å²) in [7, 11) is 3.26. The average molecular weight is 385 g/mol. The van der Waals surface area contributed by atoms with E-state index in [0.29, 0.717) is 34.5 Å². The molecule has 1 aliphatic rings. The van der Waals surface area contributed by atoms with Gasteiger partial charge in [0.25, 0.3) is 5.91 Å². The minimum absolute atomic E-state index is 0.0111. The first-order valence-corrected chi connectivity index (χ1v) is 9.36. The van der Waals surface area contributed by atoms with Crippen LogP contribution >= 0.6 is 11.6 Å². The molecule has 1 amide bonds. The summed E-state index contributed by atoms with van der Waals surface area (Å²) in [4.78, 5) is 14.9. The fourth-order valence-corrected chi connectivity index (χ4v) is 3.29. The fraction of sp³-hybridized carbons (Fsp3) is 0.632. The number of carbonyl (C=O) groups is 1. The molecule has 1 atom stereocenters. The van der Waals surface area contributed by atoms with E-state index in [1.54, 1.807) is 26.4 Å². The second kappa shape index (κ2) is 10.00. The molecule has 7 heteroatoms. The minimum Gasteiger partial charge on any atom is -0.493 e. The highest BCUT2D eigenvalue weighted by Crippen LogP contribution is 2.34. The summed E-state index contributed by atoms with van der Waals surface area (Å²) in [5.74, 6) is 1.29. The Morgan fingerprint density at radius 1 is 1.35 bits per heavy atom. The lowest BCUT2D eigenvalue weighted by molar-refractivity contribution is 0.0946. The van der Waals surface area contributed by atoms with Gasteiger partial charge in [-0.15, -0.1) is 0 Å². The number of hydrogen-bond donors (Lipinski definition) is 1. The van der Waals surface area contributed by atoms with Crippen LogP contribution in [0.3, 0.4) is 0 Å². The lowest BCUT2D eigenvalue weighted by Crippen LogP contribution is -2.32. The molecule has 1 N–H and O–H groups in total. The van der Waals surface area contributed by atoms with Crippen molar-refractivity contribution in [2.24, 2.45) is 5.92 Å². The highest BCUT2D eigenvalue weighted by Gasteiger charge is 2.23. The standard InChI is InChI=1S/C19H29ClN2O4/c1-13(2)26-18-10-16(20)15(9-17(18)25-4)19(23)21-11-14-5-6-22(12-14)7-8-24-3/h9-10,13-14H,5-8,11-12H2,1-4H3,(H,21,23)/t14-/m1/s1. The van der Waals surface area contributed by atoms with Crippen molar-refractivity contribution in [1.82, 2.24) is 10.2 Å². The molecular weight excluding hydrogens is 356 g/mol. The van der Waals surface area contributed by atoms with Crippen molar-refractivity contribution in [3.05, 3.63) is 22.7 Å². The van der Waals surface area contributed by atoms with Crippen molar-refractivity contribution in [3.63, 3.8) is 0 Å². The van der Waals surface area contributed by atoms with E-state index in [0.717, 1.165) is 32.7 Å². The van der Waals surface area contributed by atoms with Gasteiger partial charge in [-0.3, -0.25) is 4.79 Å². The number of methoxy groups -OCH3 is 2. The topological polar surface area (TPSA) is 60.0 Å². The molecule has 146 valence electrons. The van der Waals surface area contributed by atoms with Gasteiger partial charge in [-0.05, 0) is 38.8 Å². The molecule has 0 bridgehead atoms. The molecule has 0 saturated carbocycles. The fourth-order valence-electron chi connectivity index (χ4n) is 3.05. The molecule has 0 aliphatic carbocycles. The smallest absolute Gasteiger partial charge is 0.252 e. The summed E-state index contributed by atoms with van der Waals surface area (Å²) in [6.07, 6.45) is 1.06. The lowest BCUT2D eigenvalue weighted by Gasteiger charge is -2.17. The molecule has 6 nitrogen and oxygen atoms in total. The third kappa shape index (κ3) is 5.76. The van der Waals surface area contributed by atoms with E-state index in [1.807, 2.05) is 13.8 Å². The maximum atomic E-state index is 12.6. The summed E-state index contributed by atoms with van der Waals surface area (Å²) in [6, 6.07) is 3.27. The van der Waals surface area contributed by atoms with Crippen molar-refractivity contribution < 1.29 is 19.0 Å². The third-order valence-electron chi connectivity index (χ3n) is 4.39. The van der Waals surface area contributed by atoms with Gasteiger partial charge in [0.1, 0.15) is 0 Å². The van der Waals surface area contributed by atoms with Gasteiger partial charge in [0.15, 0.2) is 11.5 Å². The molecule has 0 radical (unpaired) electrons. The van der Waals surface area contributed by atoms with Crippen LogP contribution in [0, 0.1) is 5.92 Å². The number of likely N-dealkylation sites (tertiary alicyclic amines) is 1. The van der Waals surface area contributed by atoms with Crippen LogP contribution in [0.1, 0.15) is 30.6 Å². The number of rotatable bonds is 9. The molecule has 1 heterocycles. The van der Waals surface area contributed by atoms with E-state index in [-0.39, 0.29) is 12.0 Å². The Kier molecular flexibility index (Phi) is 8.00. The first-order valence-electron chi connectivity index (χ1n) is 8.98. The summed E-state index contributed by atoms with van der Waals surface area (Å²) in [6.45, 7) is 8.16. The van der Waals surface area contributed by atoms with E-state index in [2.05, 4.69) is 10.2 Å². The SMILES string of the molecule is COCCN1CC[C@H](CNC(=O)c2cc(OC)c(OC(C)C)cc2Cl)C1. The zero-order valence-corrected chi connectivity index (χ0v) is 16.8. The molecule has 2 rings (SSSR count). The Balaban J connectivity index is 1.95. The number of amides is 1. The number of nitrogens with one attached hydrogen (secondary N) is 1. The number of carbonyl (C=O) groups excluding carboxylic acids is 1. The van der Waals surface area contributed by atoms with Crippen LogP contribution in [-0.2, 0) is 4.74 Å². The van der Waals surface area contributed by atoms with E-state index in [9.17, 15) is 4.79 Å². The Morgan fingerprint density at radius 2 is 2.12 bits per heavy atom. The minimum atomic E-state index is -0.195. The van der Waals surface area contributed by atoms with Crippen LogP contribution in [0.15, 0.2) is 12.1 Å². The number of ether oxygens (including phenoxy) is 3. The second-order valence-electron chi connectivity index (χ2n) is 6.81. The van der Waals surface area contributed by atoms with E-state index in [1.165, 1.54) is 0 Å². The molecule has 0 aromatic heterocycles. The zero-order chi connectivity index (χ0) is 19.1. The molecular formula is C19H29ClN2O4. The number of nitrogens with zero attached hydrogens (tertiary/aromatic N) is 1. The molecule has 0 spiro atoms. The van der Waals surface area contributed by atoms with Gasteiger partial charge in [0.2, 0.25) is 0 Å². The van der Waals surface area contributed by atoms with Gasteiger partial charge in [-0.2, -0.15) is 0 Å². The summed E-state index contributed by atoms with van der Waals surface area (Å²) < 4.78 is 16.1. The highest BCUT2D eigenvalue weighted by atomic mass is 35.5. The third-order valence-corrected chi connectivity index (χ3v) is 4.71. The molecule has 1 saturated heterocycles. The Morgan fingerprint density at radius 3 is 2.77 bits per heavy atom. The van der Waals surface area contributed by atoms with Crippen LogP contribution in [0.2, 0.25) is 5.02 Å². The molecule has 1 aromatic rings. The number of halogens is 1. The van der Waals surface area contributed by atoms with Gasteiger partial charge < -0.3 is 24.4 Å². The van der Waals surface area contributed by atoms with Crippen LogP contribution in [0.4, 0.5) is 0 Å². The van der Waals surface area contributed by atoms with E-state index in [4.69, 9.17) is 25.8 Å². The Labute approximate surface area is 160 Å². The summed E-state index contributed by atoms with van der Waals surface area (Å²) >= 11 is 6.29. The predicted octanol–water partition coefficient (Wildman–Crippen LogP) is 2.83. The van der Waals surface area contributed by atoms with Crippen LogP contribution in [0.25, 0.3) is 0 Å². The zero-order valence-electron chi connectivity index (χ0n) is 16.0. The number of benzene rings is 1. The molecule has 1 aliphatic heterocycles. The lowest BCUT2D eigenvalue weighted by atomic mass is 10.1. The number of hydrogen-bond acceptors (Lipinski definition) is 5. The summed E-state index contributed by atoms with van der Waals surface area (Å²) in [5, 5.41) is 3.35. The van der Waals surface area contributed by atoms with Crippen LogP contribution < -0.4 is 14.8 Å². The normalized spacial score (nSPS) is 17.5. The maximum absolute atomic E-state index is 12.6. The van der Waals surface area contributed by atoms with Crippen molar-refractivity contribution >= 4 is 17.5 Å². The quantitative estimate of drug-likeness (QED) is 0.709. The average Bonchev–Trinajstić information content (AvgIpc) is 3.05. The van der Waals surface area contributed by atoms with Crippen molar-refractivity contribution in [3.8, 4) is 11.5 Å². The monoisotopic (exact) mass is 384 g/mol. The Hall–Kier alpha value is -1.50. The Bertz CT molecular complexity index is 609. The van der Waals surface area contributed by atoms with Crippen molar-refractivity contribution in [1.29, 1.82) is 0 Å². The summed E-state index contributed by atoms with van der Waals surface area (Å²) in [5.41, 5.74) is 0.397. The first-order chi connectivity index (χ1) is 12.4. The van der Waals surface area contributed by atoms with Gasteiger partial charge in [0, 0.05) is 32.8 Å². The molecule has 26 heavy (non-hydrogen) atoms.